The molecule has 1 spiro atoms. The number of hydrogen-bond donors (Lipinski definition) is 1. The molecule has 0 aromatic rings. The summed E-state index contributed by atoms with van der Waals surface area (Å²) in [5.74, 6) is 0.748. The molecule has 4 heteroatoms. The van der Waals surface area contributed by atoms with Gasteiger partial charge < -0.3 is 14.6 Å². The van der Waals surface area contributed by atoms with Gasteiger partial charge in [-0.1, -0.05) is 13.8 Å². The highest BCUT2D eigenvalue weighted by atomic mass is 16.6. The molecule has 0 aromatic carbocycles. The number of rotatable bonds is 0. The van der Waals surface area contributed by atoms with Gasteiger partial charge in [0, 0.05) is 17.3 Å². The highest BCUT2D eigenvalue weighted by Crippen LogP contribution is 2.61. The lowest BCUT2D eigenvalue weighted by molar-refractivity contribution is -0.157. The predicted molar refractivity (Wildman–Crippen MR) is 67.2 cm³/mol. The molecule has 1 unspecified atom stereocenters. The SMILES string of the molecule is C[C@@H]1[C@@H](O)[C@@H]2C[C@@]3(CCC4[C@H](C)C(=O)O[C@@H]4[C@@H]13)CO2. The monoisotopic (exact) mass is 266 g/mol. The molecule has 2 bridgehead atoms. The fourth-order valence-electron chi connectivity index (χ4n) is 5.34. The molecule has 4 rings (SSSR count). The van der Waals surface area contributed by atoms with Crippen LogP contribution >= 0.6 is 0 Å². The van der Waals surface area contributed by atoms with E-state index in [-0.39, 0.29) is 41.3 Å². The zero-order valence-corrected chi connectivity index (χ0v) is 11.5. The summed E-state index contributed by atoms with van der Waals surface area (Å²) in [6.07, 6.45) is 2.72. The Labute approximate surface area is 113 Å². The summed E-state index contributed by atoms with van der Waals surface area (Å²) in [7, 11) is 0. The van der Waals surface area contributed by atoms with Crippen LogP contribution < -0.4 is 0 Å². The first-order chi connectivity index (χ1) is 9.03. The van der Waals surface area contributed by atoms with Crippen LogP contribution in [0.4, 0.5) is 0 Å². The molecule has 8 atom stereocenters. The van der Waals surface area contributed by atoms with Gasteiger partial charge in [-0.05, 0) is 25.2 Å². The molecule has 0 amide bonds. The minimum absolute atomic E-state index is 0.00247. The number of esters is 1. The highest BCUT2D eigenvalue weighted by Gasteiger charge is 2.64. The average molecular weight is 266 g/mol. The van der Waals surface area contributed by atoms with Gasteiger partial charge in [0.2, 0.25) is 0 Å². The van der Waals surface area contributed by atoms with E-state index in [2.05, 4.69) is 6.92 Å². The van der Waals surface area contributed by atoms with Crippen LogP contribution in [0.15, 0.2) is 0 Å². The number of aliphatic hydroxyl groups excluding tert-OH is 1. The normalized spacial score (nSPS) is 59.5. The van der Waals surface area contributed by atoms with Gasteiger partial charge in [-0.15, -0.1) is 0 Å². The first-order valence-corrected chi connectivity index (χ1v) is 7.54. The Hall–Kier alpha value is -0.610. The largest absolute Gasteiger partial charge is 0.462 e. The van der Waals surface area contributed by atoms with Crippen LogP contribution in [0.25, 0.3) is 0 Å². The van der Waals surface area contributed by atoms with Crippen molar-refractivity contribution in [2.24, 2.45) is 29.1 Å². The van der Waals surface area contributed by atoms with E-state index >= 15 is 0 Å². The van der Waals surface area contributed by atoms with Crippen LogP contribution in [0, 0.1) is 29.1 Å². The Balaban J connectivity index is 1.73. The lowest BCUT2D eigenvalue weighted by Crippen LogP contribution is -2.55. The minimum Gasteiger partial charge on any atom is -0.462 e. The van der Waals surface area contributed by atoms with Gasteiger partial charge in [0.25, 0.3) is 0 Å². The molecule has 106 valence electrons. The van der Waals surface area contributed by atoms with E-state index < -0.39 is 6.10 Å². The molecule has 2 heterocycles. The van der Waals surface area contributed by atoms with Crippen LogP contribution in [-0.4, -0.2) is 36.0 Å². The quantitative estimate of drug-likeness (QED) is 0.673. The number of aliphatic hydroxyl groups is 1. The lowest BCUT2D eigenvalue weighted by atomic mass is 9.53. The highest BCUT2D eigenvalue weighted by molar-refractivity contribution is 5.75. The van der Waals surface area contributed by atoms with E-state index in [0.29, 0.717) is 5.92 Å². The summed E-state index contributed by atoms with van der Waals surface area (Å²) in [4.78, 5) is 11.9. The fourth-order valence-corrected chi connectivity index (χ4v) is 5.34. The van der Waals surface area contributed by atoms with E-state index in [1.807, 2.05) is 6.92 Å². The summed E-state index contributed by atoms with van der Waals surface area (Å²) in [6, 6.07) is 0. The summed E-state index contributed by atoms with van der Waals surface area (Å²) < 4.78 is 11.5. The van der Waals surface area contributed by atoms with Crippen LogP contribution in [0.3, 0.4) is 0 Å². The Morgan fingerprint density at radius 1 is 1.37 bits per heavy atom. The van der Waals surface area contributed by atoms with Crippen molar-refractivity contribution in [1.29, 1.82) is 0 Å². The van der Waals surface area contributed by atoms with E-state index in [9.17, 15) is 9.90 Å². The Kier molecular flexibility index (Phi) is 2.39. The van der Waals surface area contributed by atoms with Crippen LogP contribution in [0.5, 0.6) is 0 Å². The molecule has 2 saturated heterocycles. The molecule has 4 nitrogen and oxygen atoms in total. The molecule has 4 fully saturated rings. The number of carbonyl (C=O) groups is 1. The van der Waals surface area contributed by atoms with Crippen molar-refractivity contribution in [3.8, 4) is 0 Å². The van der Waals surface area contributed by atoms with Crippen molar-refractivity contribution < 1.29 is 19.4 Å². The standard InChI is InChI=1S/C15H22O4/c1-7-9-3-4-15-5-10(18-6-15)12(16)8(2)11(15)13(9)19-14(7)17/h7-13,16H,3-6H2,1-2H3/t7-,8-,9?,10-,11+,12+,13-,15-/m0/s1. The van der Waals surface area contributed by atoms with Crippen LogP contribution in [0.2, 0.25) is 0 Å². The van der Waals surface area contributed by atoms with E-state index in [4.69, 9.17) is 9.47 Å². The molecule has 19 heavy (non-hydrogen) atoms. The van der Waals surface area contributed by atoms with Gasteiger partial charge in [-0.3, -0.25) is 4.79 Å². The number of fused-ring (bicyclic) bond motifs is 3. The van der Waals surface area contributed by atoms with Crippen molar-refractivity contribution in [2.75, 3.05) is 6.61 Å². The van der Waals surface area contributed by atoms with E-state index in [1.54, 1.807) is 0 Å². The fraction of sp³-hybridized carbons (Fsp3) is 0.933. The third kappa shape index (κ3) is 1.39. The van der Waals surface area contributed by atoms with Gasteiger partial charge in [0.1, 0.15) is 6.10 Å². The van der Waals surface area contributed by atoms with E-state index in [1.165, 1.54) is 0 Å². The maximum Gasteiger partial charge on any atom is 0.309 e. The summed E-state index contributed by atoms with van der Waals surface area (Å²) in [6.45, 7) is 4.83. The third-order valence-electron chi connectivity index (χ3n) is 6.40. The zero-order chi connectivity index (χ0) is 13.4. The summed E-state index contributed by atoms with van der Waals surface area (Å²) in [5, 5.41) is 10.4. The molecular weight excluding hydrogens is 244 g/mol. The van der Waals surface area contributed by atoms with Crippen LogP contribution in [0.1, 0.15) is 33.1 Å². The van der Waals surface area contributed by atoms with Crippen molar-refractivity contribution >= 4 is 5.97 Å². The molecule has 2 aliphatic heterocycles. The smallest absolute Gasteiger partial charge is 0.309 e. The summed E-state index contributed by atoms with van der Waals surface area (Å²) in [5.41, 5.74) is 0.148. The van der Waals surface area contributed by atoms with Crippen molar-refractivity contribution in [2.45, 2.75) is 51.4 Å². The third-order valence-corrected chi connectivity index (χ3v) is 6.40. The van der Waals surface area contributed by atoms with Crippen LogP contribution in [-0.2, 0) is 14.3 Å². The molecular formula is C15H22O4. The predicted octanol–water partition coefficient (Wildman–Crippen LogP) is 1.36. The van der Waals surface area contributed by atoms with Gasteiger partial charge >= 0.3 is 5.97 Å². The van der Waals surface area contributed by atoms with Gasteiger partial charge in [-0.2, -0.15) is 0 Å². The van der Waals surface area contributed by atoms with Gasteiger partial charge in [0.15, 0.2) is 0 Å². The molecule has 0 aromatic heterocycles. The number of carbonyl (C=O) groups excluding carboxylic acids is 1. The van der Waals surface area contributed by atoms with Crippen molar-refractivity contribution in [3.63, 3.8) is 0 Å². The number of ether oxygens (including phenoxy) is 2. The molecule has 4 aliphatic rings. The number of hydrogen-bond acceptors (Lipinski definition) is 4. The second-order valence-electron chi connectivity index (χ2n) is 7.18. The first-order valence-electron chi connectivity index (χ1n) is 7.54. The maximum atomic E-state index is 11.9. The Morgan fingerprint density at radius 3 is 2.95 bits per heavy atom. The lowest BCUT2D eigenvalue weighted by Gasteiger charge is -2.52. The van der Waals surface area contributed by atoms with Gasteiger partial charge in [-0.25, -0.2) is 0 Å². The van der Waals surface area contributed by atoms with Gasteiger partial charge in [0.05, 0.1) is 24.7 Å². The Morgan fingerprint density at radius 2 is 2.16 bits per heavy atom. The molecule has 2 saturated carbocycles. The molecule has 1 N–H and O–H groups in total. The minimum atomic E-state index is -0.408. The van der Waals surface area contributed by atoms with Crippen molar-refractivity contribution in [1.82, 2.24) is 0 Å². The zero-order valence-electron chi connectivity index (χ0n) is 11.5. The second-order valence-corrected chi connectivity index (χ2v) is 7.18. The topological polar surface area (TPSA) is 55.8 Å². The molecule has 0 radical (unpaired) electrons. The van der Waals surface area contributed by atoms with Crippen molar-refractivity contribution in [3.05, 3.63) is 0 Å². The first kappa shape index (κ1) is 12.2. The Bertz CT molecular complexity index is 422. The average Bonchev–Trinajstić information content (AvgIpc) is 2.89. The maximum absolute atomic E-state index is 11.9. The van der Waals surface area contributed by atoms with E-state index in [0.717, 1.165) is 25.9 Å². The summed E-state index contributed by atoms with van der Waals surface area (Å²) >= 11 is 0. The second kappa shape index (κ2) is 3.73. The molecule has 2 aliphatic carbocycles.